The van der Waals surface area contributed by atoms with Crippen molar-refractivity contribution in [2.24, 2.45) is 5.73 Å². The van der Waals surface area contributed by atoms with Crippen LogP contribution in [0.2, 0.25) is 0 Å². The van der Waals surface area contributed by atoms with E-state index in [-0.39, 0.29) is 0 Å². The van der Waals surface area contributed by atoms with Crippen molar-refractivity contribution in [3.05, 3.63) is 53.9 Å². The fourth-order valence-corrected chi connectivity index (χ4v) is 3.30. The molecule has 0 radical (unpaired) electrons. The lowest BCUT2D eigenvalue weighted by atomic mass is 9.98. The van der Waals surface area contributed by atoms with E-state index in [0.29, 0.717) is 0 Å². The molecule has 0 aliphatic heterocycles. The number of nitrogens with zero attached hydrogens (tertiary/aromatic N) is 1. The van der Waals surface area contributed by atoms with Crippen molar-refractivity contribution in [2.45, 2.75) is 45.4 Å². The Hall–Kier alpha value is -2.13. The third kappa shape index (κ3) is 3.68. The van der Waals surface area contributed by atoms with Gasteiger partial charge in [-0.1, -0.05) is 19.4 Å². The molecule has 2 aromatic heterocycles. The van der Waals surface area contributed by atoms with E-state index in [1.165, 1.54) is 46.1 Å². The molecular weight excluding hydrogens is 294 g/mol. The minimum absolute atomic E-state index is 0.759. The number of nitrogens with two attached hydrogens (primary N) is 1. The Kier molecular flexibility index (Phi) is 5.65. The Morgan fingerprint density at radius 1 is 1.00 bits per heavy atom. The second-order valence-corrected chi connectivity index (χ2v) is 6.44. The van der Waals surface area contributed by atoms with Crippen LogP contribution in [0.25, 0.3) is 22.2 Å². The second kappa shape index (κ2) is 8.11. The van der Waals surface area contributed by atoms with Crippen molar-refractivity contribution >= 4 is 10.9 Å². The summed E-state index contributed by atoms with van der Waals surface area (Å²) in [5.74, 6) is 0. The van der Waals surface area contributed by atoms with Crippen molar-refractivity contribution in [3.8, 4) is 11.3 Å². The molecule has 3 nitrogen and oxygen atoms in total. The molecule has 3 N–H and O–H groups in total. The summed E-state index contributed by atoms with van der Waals surface area (Å²) in [6, 6.07) is 11.0. The van der Waals surface area contributed by atoms with Crippen LogP contribution in [-0.2, 0) is 12.8 Å². The molecule has 3 rings (SSSR count). The molecule has 0 aliphatic rings. The normalized spacial score (nSPS) is 11.2. The maximum Gasteiger partial charge on any atom is 0.0498 e. The second-order valence-electron chi connectivity index (χ2n) is 6.44. The SMILES string of the molecule is CCCCc1ccc2[nH]c(-c3ccncc3)c(CCCCN)c2c1. The van der Waals surface area contributed by atoms with Gasteiger partial charge in [0.25, 0.3) is 0 Å². The average Bonchev–Trinajstić information content (AvgIpc) is 2.99. The Morgan fingerprint density at radius 3 is 2.58 bits per heavy atom. The van der Waals surface area contributed by atoms with Crippen molar-refractivity contribution in [1.82, 2.24) is 9.97 Å². The Labute approximate surface area is 144 Å². The smallest absolute Gasteiger partial charge is 0.0498 e. The van der Waals surface area contributed by atoms with Crippen LogP contribution in [0, 0.1) is 0 Å². The van der Waals surface area contributed by atoms with Gasteiger partial charge in [0.15, 0.2) is 0 Å². The first-order chi connectivity index (χ1) is 11.8. The molecule has 0 amide bonds. The highest BCUT2D eigenvalue weighted by Gasteiger charge is 2.13. The molecule has 0 bridgehead atoms. The number of fused-ring (bicyclic) bond motifs is 1. The number of benzene rings is 1. The standard InChI is InChI=1S/C21H27N3/c1-2-3-6-16-8-9-20-19(15-16)18(7-4-5-12-22)21(24-20)17-10-13-23-14-11-17/h8-11,13-15,24H,2-7,12,22H2,1H3. The zero-order valence-corrected chi connectivity index (χ0v) is 14.5. The number of pyridine rings is 1. The van der Waals surface area contributed by atoms with Gasteiger partial charge in [0.2, 0.25) is 0 Å². The van der Waals surface area contributed by atoms with Gasteiger partial charge < -0.3 is 10.7 Å². The van der Waals surface area contributed by atoms with Gasteiger partial charge in [-0.05, 0) is 74.0 Å². The molecule has 1 aromatic carbocycles. The van der Waals surface area contributed by atoms with Crippen molar-refractivity contribution in [3.63, 3.8) is 0 Å². The third-order valence-electron chi connectivity index (χ3n) is 4.64. The van der Waals surface area contributed by atoms with E-state index in [0.717, 1.165) is 32.2 Å². The van der Waals surface area contributed by atoms with Crippen LogP contribution in [-0.4, -0.2) is 16.5 Å². The molecule has 0 unspecified atom stereocenters. The monoisotopic (exact) mass is 321 g/mol. The summed E-state index contributed by atoms with van der Waals surface area (Å²) >= 11 is 0. The maximum absolute atomic E-state index is 5.69. The van der Waals surface area contributed by atoms with Crippen LogP contribution < -0.4 is 5.73 Å². The number of rotatable bonds is 8. The fourth-order valence-electron chi connectivity index (χ4n) is 3.30. The van der Waals surface area contributed by atoms with Gasteiger partial charge in [-0.15, -0.1) is 0 Å². The molecule has 0 saturated heterocycles. The van der Waals surface area contributed by atoms with Gasteiger partial charge in [0.1, 0.15) is 0 Å². The third-order valence-corrected chi connectivity index (χ3v) is 4.64. The lowest BCUT2D eigenvalue weighted by Gasteiger charge is -2.06. The number of aromatic amines is 1. The summed E-state index contributed by atoms with van der Waals surface area (Å²) in [7, 11) is 0. The van der Waals surface area contributed by atoms with Crippen molar-refractivity contribution in [2.75, 3.05) is 6.54 Å². The minimum Gasteiger partial charge on any atom is -0.354 e. The van der Waals surface area contributed by atoms with Crippen LogP contribution in [0.3, 0.4) is 0 Å². The quantitative estimate of drug-likeness (QED) is 0.582. The van der Waals surface area contributed by atoms with Crippen LogP contribution in [0.1, 0.15) is 43.7 Å². The van der Waals surface area contributed by atoms with Crippen LogP contribution in [0.5, 0.6) is 0 Å². The van der Waals surface area contributed by atoms with E-state index in [4.69, 9.17) is 5.73 Å². The van der Waals surface area contributed by atoms with Gasteiger partial charge in [-0.2, -0.15) is 0 Å². The maximum atomic E-state index is 5.69. The van der Waals surface area contributed by atoms with E-state index < -0.39 is 0 Å². The molecule has 0 aliphatic carbocycles. The molecule has 0 fully saturated rings. The Bertz CT molecular complexity index is 774. The Morgan fingerprint density at radius 2 is 1.83 bits per heavy atom. The zero-order valence-electron chi connectivity index (χ0n) is 14.5. The Balaban J connectivity index is 2.03. The van der Waals surface area contributed by atoms with Gasteiger partial charge in [-0.25, -0.2) is 0 Å². The van der Waals surface area contributed by atoms with Crippen LogP contribution in [0.15, 0.2) is 42.7 Å². The predicted octanol–water partition coefficient (Wildman–Crippen LogP) is 4.85. The van der Waals surface area contributed by atoms with E-state index in [2.05, 4.69) is 47.2 Å². The van der Waals surface area contributed by atoms with Gasteiger partial charge in [0, 0.05) is 34.6 Å². The number of aryl methyl sites for hydroxylation is 2. The first kappa shape index (κ1) is 16.7. The van der Waals surface area contributed by atoms with Crippen LogP contribution in [0.4, 0.5) is 0 Å². The van der Waals surface area contributed by atoms with Gasteiger partial charge in [-0.3, -0.25) is 4.98 Å². The highest BCUT2D eigenvalue weighted by atomic mass is 14.7. The molecule has 0 atom stereocenters. The molecule has 3 heteroatoms. The number of aromatic nitrogens is 2. The number of hydrogen-bond acceptors (Lipinski definition) is 2. The molecule has 2 heterocycles. The molecule has 126 valence electrons. The summed E-state index contributed by atoms with van der Waals surface area (Å²) in [5.41, 5.74) is 12.2. The summed E-state index contributed by atoms with van der Waals surface area (Å²) in [5, 5.41) is 1.37. The highest BCUT2D eigenvalue weighted by molar-refractivity contribution is 5.91. The largest absolute Gasteiger partial charge is 0.354 e. The molecule has 0 spiro atoms. The van der Waals surface area contributed by atoms with Gasteiger partial charge >= 0.3 is 0 Å². The minimum atomic E-state index is 0.759. The average molecular weight is 321 g/mol. The lowest BCUT2D eigenvalue weighted by Crippen LogP contribution is -1.99. The van der Waals surface area contributed by atoms with E-state index in [1.807, 2.05) is 12.4 Å². The molecular formula is C21H27N3. The topological polar surface area (TPSA) is 54.7 Å². The molecule has 24 heavy (non-hydrogen) atoms. The number of unbranched alkanes of at least 4 members (excludes halogenated alkanes) is 2. The first-order valence-corrected chi connectivity index (χ1v) is 9.07. The zero-order chi connectivity index (χ0) is 16.8. The predicted molar refractivity (Wildman–Crippen MR) is 102 cm³/mol. The van der Waals surface area contributed by atoms with E-state index in [9.17, 15) is 0 Å². The molecule has 0 saturated carbocycles. The van der Waals surface area contributed by atoms with E-state index in [1.54, 1.807) is 0 Å². The number of H-pyrrole nitrogens is 1. The van der Waals surface area contributed by atoms with E-state index >= 15 is 0 Å². The summed E-state index contributed by atoms with van der Waals surface area (Å²) in [4.78, 5) is 7.78. The van der Waals surface area contributed by atoms with Gasteiger partial charge in [0.05, 0.1) is 0 Å². The lowest BCUT2D eigenvalue weighted by molar-refractivity contribution is 0.748. The summed E-state index contributed by atoms with van der Waals surface area (Å²) in [6.45, 7) is 3.00. The number of hydrogen-bond donors (Lipinski definition) is 2. The van der Waals surface area contributed by atoms with Crippen molar-refractivity contribution in [1.29, 1.82) is 0 Å². The summed E-state index contributed by atoms with van der Waals surface area (Å²) < 4.78 is 0. The van der Waals surface area contributed by atoms with Crippen molar-refractivity contribution < 1.29 is 0 Å². The van der Waals surface area contributed by atoms with Crippen LogP contribution >= 0.6 is 0 Å². The fraction of sp³-hybridized carbons (Fsp3) is 0.381. The highest BCUT2D eigenvalue weighted by Crippen LogP contribution is 2.32. The first-order valence-electron chi connectivity index (χ1n) is 9.07. The number of nitrogens with one attached hydrogen (secondary N) is 1. The summed E-state index contributed by atoms with van der Waals surface area (Å²) in [6.07, 6.45) is 10.6. The molecule has 3 aromatic rings.